The smallest absolute Gasteiger partial charge is 0.407 e. The number of amides is 1. The molecule has 4 nitrogen and oxygen atoms in total. The molecule has 1 amide bonds. The van der Waals surface area contributed by atoms with Gasteiger partial charge in [0.2, 0.25) is 0 Å². The molecule has 22 heavy (non-hydrogen) atoms. The van der Waals surface area contributed by atoms with E-state index in [-0.39, 0.29) is 12.1 Å². The van der Waals surface area contributed by atoms with E-state index in [1.807, 2.05) is 20.8 Å². The Hall–Kier alpha value is -0.770. The van der Waals surface area contributed by atoms with Gasteiger partial charge in [0, 0.05) is 18.1 Å². The van der Waals surface area contributed by atoms with Gasteiger partial charge in [-0.2, -0.15) is 0 Å². The number of alkyl carbamates (subject to hydrolysis) is 1. The predicted molar refractivity (Wildman–Crippen MR) is 89.9 cm³/mol. The fourth-order valence-corrected chi connectivity index (χ4v) is 3.85. The highest BCUT2D eigenvalue weighted by Gasteiger charge is 2.33. The molecule has 0 spiro atoms. The largest absolute Gasteiger partial charge is 0.444 e. The zero-order valence-corrected chi connectivity index (χ0v) is 14.9. The lowest BCUT2D eigenvalue weighted by Gasteiger charge is -2.34. The van der Waals surface area contributed by atoms with Gasteiger partial charge in [0.05, 0.1) is 0 Å². The van der Waals surface area contributed by atoms with Crippen LogP contribution in [0.4, 0.5) is 4.79 Å². The molecule has 128 valence electrons. The van der Waals surface area contributed by atoms with E-state index in [0.29, 0.717) is 12.1 Å². The van der Waals surface area contributed by atoms with Crippen molar-refractivity contribution in [3.8, 4) is 0 Å². The third kappa shape index (κ3) is 5.15. The van der Waals surface area contributed by atoms with Crippen molar-refractivity contribution in [2.24, 2.45) is 11.8 Å². The lowest BCUT2D eigenvalue weighted by molar-refractivity contribution is 0.0487. The molecule has 0 heterocycles. The Morgan fingerprint density at radius 1 is 1.05 bits per heavy atom. The summed E-state index contributed by atoms with van der Waals surface area (Å²) in [6.07, 6.45) is 6.85. The first-order valence-corrected chi connectivity index (χ1v) is 9.00. The number of hydrogen-bond acceptors (Lipinski definition) is 3. The van der Waals surface area contributed by atoms with Crippen LogP contribution in [0.1, 0.15) is 73.1 Å². The van der Waals surface area contributed by atoms with Crippen LogP contribution in [0, 0.1) is 11.8 Å². The van der Waals surface area contributed by atoms with Crippen LogP contribution in [0.3, 0.4) is 0 Å². The lowest BCUT2D eigenvalue weighted by atomic mass is 9.89. The molecule has 0 bridgehead atoms. The van der Waals surface area contributed by atoms with Gasteiger partial charge < -0.3 is 15.4 Å². The number of carbonyl (C=O) groups is 1. The summed E-state index contributed by atoms with van der Waals surface area (Å²) in [6, 6.07) is 1.43. The number of ether oxygens (including phenoxy) is 1. The van der Waals surface area contributed by atoms with Crippen LogP contribution in [0.15, 0.2) is 0 Å². The molecule has 5 unspecified atom stereocenters. The third-order valence-corrected chi connectivity index (χ3v) is 5.31. The van der Waals surface area contributed by atoms with E-state index in [0.717, 1.165) is 24.7 Å². The SMILES string of the molecule is CC1CCC(NC2CCCC(NC(=O)OC(C)(C)C)C2)C1C. The normalized spacial score (nSPS) is 36.1. The summed E-state index contributed by atoms with van der Waals surface area (Å²) in [4.78, 5) is 11.9. The Bertz CT molecular complexity index is 378. The molecule has 2 N–H and O–H groups in total. The minimum absolute atomic E-state index is 0.246. The lowest BCUT2D eigenvalue weighted by Crippen LogP contribution is -2.48. The fourth-order valence-electron chi connectivity index (χ4n) is 3.85. The second-order valence-electron chi connectivity index (χ2n) is 8.39. The molecular formula is C18H34N2O2. The number of carbonyl (C=O) groups excluding carboxylic acids is 1. The van der Waals surface area contributed by atoms with Crippen LogP contribution in [-0.2, 0) is 4.74 Å². The van der Waals surface area contributed by atoms with Gasteiger partial charge in [0.15, 0.2) is 0 Å². The van der Waals surface area contributed by atoms with Gasteiger partial charge in [-0.3, -0.25) is 0 Å². The van der Waals surface area contributed by atoms with Crippen molar-refractivity contribution in [3.05, 3.63) is 0 Å². The number of hydrogen-bond donors (Lipinski definition) is 2. The zero-order valence-electron chi connectivity index (χ0n) is 14.9. The Morgan fingerprint density at radius 2 is 1.73 bits per heavy atom. The summed E-state index contributed by atoms with van der Waals surface area (Å²) in [5.74, 6) is 1.59. The van der Waals surface area contributed by atoms with E-state index in [9.17, 15) is 4.79 Å². The van der Waals surface area contributed by atoms with Crippen molar-refractivity contribution in [3.63, 3.8) is 0 Å². The van der Waals surface area contributed by atoms with Gasteiger partial charge in [0.1, 0.15) is 5.60 Å². The van der Waals surface area contributed by atoms with Crippen molar-refractivity contribution < 1.29 is 9.53 Å². The topological polar surface area (TPSA) is 50.4 Å². The first-order valence-electron chi connectivity index (χ1n) is 9.00. The van der Waals surface area contributed by atoms with Gasteiger partial charge in [-0.05, 0) is 71.1 Å². The summed E-state index contributed by atoms with van der Waals surface area (Å²) in [7, 11) is 0. The van der Waals surface area contributed by atoms with Crippen molar-refractivity contribution in [2.45, 2.75) is 96.9 Å². The molecular weight excluding hydrogens is 276 g/mol. The van der Waals surface area contributed by atoms with E-state index in [2.05, 4.69) is 24.5 Å². The molecule has 0 saturated heterocycles. The van der Waals surface area contributed by atoms with Crippen LogP contribution < -0.4 is 10.6 Å². The Kier molecular flexibility index (Phi) is 5.76. The second kappa shape index (κ2) is 7.20. The molecule has 2 rings (SSSR count). The van der Waals surface area contributed by atoms with Crippen LogP contribution >= 0.6 is 0 Å². The number of nitrogens with one attached hydrogen (secondary N) is 2. The summed E-state index contributed by atoms with van der Waals surface area (Å²) >= 11 is 0. The first kappa shape index (κ1) is 17.6. The van der Waals surface area contributed by atoms with E-state index in [4.69, 9.17) is 4.74 Å². The number of rotatable bonds is 3. The van der Waals surface area contributed by atoms with Crippen LogP contribution in [0.2, 0.25) is 0 Å². The molecule has 0 aromatic rings. The van der Waals surface area contributed by atoms with Crippen molar-refractivity contribution in [1.82, 2.24) is 10.6 Å². The molecule has 2 aliphatic carbocycles. The van der Waals surface area contributed by atoms with Gasteiger partial charge in [-0.1, -0.05) is 13.8 Å². The maximum Gasteiger partial charge on any atom is 0.407 e. The van der Waals surface area contributed by atoms with Crippen molar-refractivity contribution in [2.75, 3.05) is 0 Å². The first-order chi connectivity index (χ1) is 10.2. The molecule has 0 aliphatic heterocycles. The quantitative estimate of drug-likeness (QED) is 0.832. The maximum absolute atomic E-state index is 11.9. The Balaban J connectivity index is 1.78. The van der Waals surface area contributed by atoms with Gasteiger partial charge in [-0.25, -0.2) is 4.79 Å². The summed E-state index contributed by atoms with van der Waals surface area (Å²) in [5.41, 5.74) is -0.425. The summed E-state index contributed by atoms with van der Waals surface area (Å²) in [5, 5.41) is 6.91. The highest BCUT2D eigenvalue weighted by Crippen LogP contribution is 2.32. The third-order valence-electron chi connectivity index (χ3n) is 5.31. The van der Waals surface area contributed by atoms with Crippen molar-refractivity contribution in [1.29, 1.82) is 0 Å². The van der Waals surface area contributed by atoms with Crippen LogP contribution in [0.5, 0.6) is 0 Å². The van der Waals surface area contributed by atoms with E-state index in [1.54, 1.807) is 0 Å². The highest BCUT2D eigenvalue weighted by molar-refractivity contribution is 5.68. The van der Waals surface area contributed by atoms with E-state index in [1.165, 1.54) is 25.7 Å². The Labute approximate surface area is 135 Å². The molecule has 0 radical (unpaired) electrons. The average Bonchev–Trinajstić information content (AvgIpc) is 2.69. The zero-order chi connectivity index (χ0) is 16.3. The van der Waals surface area contributed by atoms with E-state index < -0.39 is 5.60 Å². The second-order valence-corrected chi connectivity index (χ2v) is 8.39. The standard InChI is InChI=1S/C18H34N2O2/c1-12-9-10-16(13(12)2)19-14-7-6-8-15(11-14)20-17(21)22-18(3,4)5/h12-16,19H,6-11H2,1-5H3,(H,20,21). The molecule has 5 atom stereocenters. The summed E-state index contributed by atoms with van der Waals surface area (Å²) in [6.45, 7) is 10.4. The Morgan fingerprint density at radius 3 is 2.32 bits per heavy atom. The maximum atomic E-state index is 11.9. The van der Waals surface area contributed by atoms with Gasteiger partial charge >= 0.3 is 6.09 Å². The molecule has 0 aromatic heterocycles. The molecule has 2 aliphatic rings. The monoisotopic (exact) mass is 310 g/mol. The highest BCUT2D eigenvalue weighted by atomic mass is 16.6. The van der Waals surface area contributed by atoms with Crippen LogP contribution in [-0.4, -0.2) is 29.8 Å². The molecule has 2 saturated carbocycles. The minimum Gasteiger partial charge on any atom is -0.444 e. The predicted octanol–water partition coefficient (Wildman–Crippen LogP) is 3.85. The van der Waals surface area contributed by atoms with Crippen LogP contribution in [0.25, 0.3) is 0 Å². The van der Waals surface area contributed by atoms with Crippen molar-refractivity contribution >= 4 is 6.09 Å². The van der Waals surface area contributed by atoms with E-state index >= 15 is 0 Å². The minimum atomic E-state index is -0.425. The molecule has 2 fully saturated rings. The summed E-state index contributed by atoms with van der Waals surface area (Å²) < 4.78 is 5.37. The van der Waals surface area contributed by atoms with Gasteiger partial charge in [0.25, 0.3) is 0 Å². The average molecular weight is 310 g/mol. The molecule has 4 heteroatoms. The van der Waals surface area contributed by atoms with Gasteiger partial charge in [-0.15, -0.1) is 0 Å². The molecule has 0 aromatic carbocycles. The fraction of sp³-hybridized carbons (Fsp3) is 0.944.